The van der Waals surface area contributed by atoms with E-state index in [0.717, 1.165) is 6.42 Å². The molecule has 2 N–H and O–H groups in total. The lowest BCUT2D eigenvalue weighted by Gasteiger charge is -2.09. The third kappa shape index (κ3) is 6.31. The van der Waals surface area contributed by atoms with Gasteiger partial charge < -0.3 is 19.3 Å². The number of carbonyl (C=O) groups is 2. The van der Waals surface area contributed by atoms with Crippen LogP contribution in [0.3, 0.4) is 0 Å². The van der Waals surface area contributed by atoms with Crippen molar-refractivity contribution in [1.29, 1.82) is 0 Å². The van der Waals surface area contributed by atoms with Crippen LogP contribution < -0.4 is 19.6 Å². The van der Waals surface area contributed by atoms with Crippen LogP contribution in [0.1, 0.15) is 29.3 Å². The van der Waals surface area contributed by atoms with Gasteiger partial charge in [0.25, 0.3) is 5.91 Å². The number of nitrogens with one attached hydrogen (secondary N) is 1. The van der Waals surface area contributed by atoms with Crippen LogP contribution in [0.25, 0.3) is 0 Å². The molecule has 28 heavy (non-hydrogen) atoms. The molecule has 0 fully saturated rings. The Morgan fingerprint density at radius 3 is 2.50 bits per heavy atom. The number of nitrogens with zero attached hydrogens (tertiary/aromatic N) is 1. The summed E-state index contributed by atoms with van der Waals surface area (Å²) < 4.78 is 15.8. The SMILES string of the molecule is CCCOc1ccc(C(=O)N/N=C\c2ccc(OCC(=O)O)c(OC)c2)cc1. The number of methoxy groups -OCH3 is 1. The number of aliphatic carboxylic acids is 1. The minimum atomic E-state index is -1.08. The van der Waals surface area contributed by atoms with Gasteiger partial charge in [-0.3, -0.25) is 4.79 Å². The van der Waals surface area contributed by atoms with E-state index in [2.05, 4.69) is 10.5 Å². The lowest BCUT2D eigenvalue weighted by molar-refractivity contribution is -0.139. The average molecular weight is 386 g/mol. The Morgan fingerprint density at radius 1 is 1.11 bits per heavy atom. The predicted molar refractivity (Wildman–Crippen MR) is 103 cm³/mol. The number of ether oxygens (including phenoxy) is 3. The molecule has 0 radical (unpaired) electrons. The Kier molecular flexibility index (Phi) is 7.83. The quantitative estimate of drug-likeness (QED) is 0.480. The van der Waals surface area contributed by atoms with Crippen molar-refractivity contribution < 1.29 is 28.9 Å². The molecular weight excluding hydrogens is 364 g/mol. The summed E-state index contributed by atoms with van der Waals surface area (Å²) in [7, 11) is 1.44. The van der Waals surface area contributed by atoms with Gasteiger partial charge in [-0.05, 0) is 54.4 Å². The van der Waals surface area contributed by atoms with Gasteiger partial charge in [0, 0.05) is 5.56 Å². The van der Waals surface area contributed by atoms with Gasteiger partial charge >= 0.3 is 5.97 Å². The largest absolute Gasteiger partial charge is 0.494 e. The van der Waals surface area contributed by atoms with E-state index in [9.17, 15) is 9.59 Å². The minimum Gasteiger partial charge on any atom is -0.494 e. The lowest BCUT2D eigenvalue weighted by atomic mass is 10.2. The van der Waals surface area contributed by atoms with Crippen molar-refractivity contribution >= 4 is 18.1 Å². The number of carbonyl (C=O) groups excluding carboxylic acids is 1. The summed E-state index contributed by atoms with van der Waals surface area (Å²) >= 11 is 0. The van der Waals surface area contributed by atoms with Gasteiger partial charge in [-0.2, -0.15) is 5.10 Å². The fourth-order valence-corrected chi connectivity index (χ4v) is 2.18. The zero-order valence-corrected chi connectivity index (χ0v) is 15.7. The van der Waals surface area contributed by atoms with Crippen LogP contribution in [0, 0.1) is 0 Å². The van der Waals surface area contributed by atoms with E-state index in [-0.39, 0.29) is 5.91 Å². The van der Waals surface area contributed by atoms with Gasteiger partial charge in [0.1, 0.15) is 5.75 Å². The van der Waals surface area contributed by atoms with E-state index in [4.69, 9.17) is 19.3 Å². The van der Waals surface area contributed by atoms with Crippen LogP contribution in [-0.4, -0.2) is 43.5 Å². The molecule has 0 aliphatic carbocycles. The molecule has 0 atom stereocenters. The van der Waals surface area contributed by atoms with Gasteiger partial charge in [-0.1, -0.05) is 6.92 Å². The maximum Gasteiger partial charge on any atom is 0.341 e. The third-order valence-electron chi connectivity index (χ3n) is 3.51. The van der Waals surface area contributed by atoms with E-state index in [1.165, 1.54) is 13.3 Å². The summed E-state index contributed by atoms with van der Waals surface area (Å²) in [5.74, 6) is -0.0677. The number of hydrogen-bond donors (Lipinski definition) is 2. The van der Waals surface area contributed by atoms with Gasteiger partial charge in [0.2, 0.25) is 0 Å². The summed E-state index contributed by atoms with van der Waals surface area (Å²) in [5, 5.41) is 12.6. The molecule has 8 nitrogen and oxygen atoms in total. The van der Waals surface area contributed by atoms with Crippen molar-refractivity contribution in [1.82, 2.24) is 5.43 Å². The molecule has 0 aliphatic heterocycles. The van der Waals surface area contributed by atoms with Crippen LogP contribution in [-0.2, 0) is 4.79 Å². The van der Waals surface area contributed by atoms with Gasteiger partial charge in [-0.15, -0.1) is 0 Å². The average Bonchev–Trinajstić information content (AvgIpc) is 2.71. The molecule has 2 aromatic rings. The van der Waals surface area contributed by atoms with Crippen LogP contribution in [0.5, 0.6) is 17.2 Å². The van der Waals surface area contributed by atoms with Crippen molar-refractivity contribution in [2.75, 3.05) is 20.3 Å². The molecule has 8 heteroatoms. The first-order valence-corrected chi connectivity index (χ1v) is 8.62. The Bertz CT molecular complexity index is 833. The van der Waals surface area contributed by atoms with E-state index < -0.39 is 12.6 Å². The Morgan fingerprint density at radius 2 is 1.86 bits per heavy atom. The maximum atomic E-state index is 12.1. The second kappa shape index (κ2) is 10.6. The second-order valence-electron chi connectivity index (χ2n) is 5.66. The van der Waals surface area contributed by atoms with E-state index in [1.54, 1.807) is 42.5 Å². The third-order valence-corrected chi connectivity index (χ3v) is 3.51. The molecule has 2 rings (SSSR count). The van der Waals surface area contributed by atoms with E-state index in [0.29, 0.717) is 35.0 Å². The molecule has 0 aromatic heterocycles. The molecule has 0 bridgehead atoms. The first kappa shape index (κ1) is 20.8. The lowest BCUT2D eigenvalue weighted by Crippen LogP contribution is -2.17. The van der Waals surface area contributed by atoms with Gasteiger partial charge in [0.15, 0.2) is 18.1 Å². The standard InChI is InChI=1S/C20H22N2O6/c1-3-10-27-16-7-5-15(6-8-16)20(25)22-21-12-14-4-9-17(18(11-14)26-2)28-13-19(23)24/h4-9,11-12H,3,10,13H2,1-2H3,(H,22,25)(H,23,24)/b21-12-. The summed E-state index contributed by atoms with van der Waals surface area (Å²) in [6, 6.07) is 11.6. The molecular formula is C20H22N2O6. The number of carboxylic acids is 1. The summed E-state index contributed by atoms with van der Waals surface area (Å²) in [4.78, 5) is 22.7. The number of benzene rings is 2. The Labute approximate surface area is 162 Å². The zero-order valence-electron chi connectivity index (χ0n) is 15.7. The highest BCUT2D eigenvalue weighted by molar-refractivity contribution is 5.95. The summed E-state index contributed by atoms with van der Waals surface area (Å²) in [6.07, 6.45) is 2.36. The van der Waals surface area contributed by atoms with Crippen molar-refractivity contribution in [3.63, 3.8) is 0 Å². The molecule has 0 saturated heterocycles. The smallest absolute Gasteiger partial charge is 0.341 e. The highest BCUT2D eigenvalue weighted by atomic mass is 16.5. The number of rotatable bonds is 10. The zero-order chi connectivity index (χ0) is 20.4. The number of amides is 1. The van der Waals surface area contributed by atoms with Crippen molar-refractivity contribution in [3.05, 3.63) is 53.6 Å². The summed E-state index contributed by atoms with van der Waals surface area (Å²) in [5.41, 5.74) is 3.54. The monoisotopic (exact) mass is 386 g/mol. The normalized spacial score (nSPS) is 10.5. The number of carboxylic acid groups (broad SMARTS) is 1. The molecule has 0 unspecified atom stereocenters. The van der Waals surface area contributed by atoms with Crippen LogP contribution in [0.4, 0.5) is 0 Å². The topological polar surface area (TPSA) is 106 Å². The molecule has 0 aliphatic rings. The van der Waals surface area contributed by atoms with E-state index in [1.807, 2.05) is 6.92 Å². The number of hydrazone groups is 1. The highest BCUT2D eigenvalue weighted by Gasteiger charge is 2.08. The number of hydrogen-bond acceptors (Lipinski definition) is 6. The molecule has 1 amide bonds. The van der Waals surface area contributed by atoms with Gasteiger partial charge in [0.05, 0.1) is 19.9 Å². The fourth-order valence-electron chi connectivity index (χ4n) is 2.18. The van der Waals surface area contributed by atoms with E-state index >= 15 is 0 Å². The highest BCUT2D eigenvalue weighted by Crippen LogP contribution is 2.27. The Hall–Kier alpha value is -3.55. The molecule has 0 spiro atoms. The first-order valence-electron chi connectivity index (χ1n) is 8.62. The summed E-state index contributed by atoms with van der Waals surface area (Å²) in [6.45, 7) is 2.17. The Balaban J connectivity index is 1.95. The van der Waals surface area contributed by atoms with Crippen LogP contribution >= 0.6 is 0 Å². The fraction of sp³-hybridized carbons (Fsp3) is 0.250. The molecule has 2 aromatic carbocycles. The molecule has 0 heterocycles. The van der Waals surface area contributed by atoms with Crippen LogP contribution in [0.2, 0.25) is 0 Å². The first-order chi connectivity index (χ1) is 13.5. The predicted octanol–water partition coefficient (Wildman–Crippen LogP) is 2.71. The molecule has 0 saturated carbocycles. The minimum absolute atomic E-state index is 0.302. The van der Waals surface area contributed by atoms with Gasteiger partial charge in [-0.25, -0.2) is 10.2 Å². The maximum absolute atomic E-state index is 12.1. The van der Waals surface area contributed by atoms with Crippen molar-refractivity contribution in [2.24, 2.45) is 5.10 Å². The second-order valence-corrected chi connectivity index (χ2v) is 5.66. The van der Waals surface area contributed by atoms with Crippen molar-refractivity contribution in [2.45, 2.75) is 13.3 Å². The van der Waals surface area contributed by atoms with Crippen LogP contribution in [0.15, 0.2) is 47.6 Å². The van der Waals surface area contributed by atoms with Crippen molar-refractivity contribution in [3.8, 4) is 17.2 Å². The molecule has 148 valence electrons.